The number of benzene rings is 1. The van der Waals surface area contributed by atoms with E-state index in [-0.39, 0.29) is 24.0 Å². The van der Waals surface area contributed by atoms with Crippen LogP contribution in [-0.2, 0) is 4.79 Å². The molecular formula is C16H26BrN3O. The smallest absolute Gasteiger partial charge is 0.234 e. The topological polar surface area (TPSA) is 58.4 Å². The zero-order valence-electron chi connectivity index (χ0n) is 13.3. The van der Waals surface area contributed by atoms with Crippen LogP contribution in [0.2, 0.25) is 0 Å². The number of amides is 1. The van der Waals surface area contributed by atoms with Crippen molar-refractivity contribution in [2.45, 2.75) is 45.8 Å². The Hall–Kier alpha value is -0.910. The molecule has 0 heterocycles. The number of nitrogens with one attached hydrogen (secondary N) is 1. The summed E-state index contributed by atoms with van der Waals surface area (Å²) in [4.78, 5) is 14.2. The maximum Gasteiger partial charge on any atom is 0.234 e. The Morgan fingerprint density at radius 1 is 1.29 bits per heavy atom. The van der Waals surface area contributed by atoms with Gasteiger partial charge < -0.3 is 11.1 Å². The second-order valence-electron chi connectivity index (χ2n) is 5.64. The highest BCUT2D eigenvalue weighted by molar-refractivity contribution is 9.10. The third-order valence-electron chi connectivity index (χ3n) is 3.31. The fourth-order valence-corrected chi connectivity index (χ4v) is 2.73. The molecule has 0 radical (unpaired) electrons. The van der Waals surface area contributed by atoms with Crippen molar-refractivity contribution in [3.8, 4) is 0 Å². The summed E-state index contributed by atoms with van der Waals surface area (Å²) in [5, 5.41) is 2.93. The van der Waals surface area contributed by atoms with Crippen molar-refractivity contribution >= 4 is 21.8 Å². The van der Waals surface area contributed by atoms with E-state index in [1.165, 1.54) is 0 Å². The normalized spacial score (nSPS) is 14.3. The monoisotopic (exact) mass is 355 g/mol. The Morgan fingerprint density at radius 2 is 1.86 bits per heavy atom. The largest absolute Gasteiger partial charge is 0.353 e. The molecule has 0 saturated heterocycles. The lowest BCUT2D eigenvalue weighted by molar-refractivity contribution is -0.123. The van der Waals surface area contributed by atoms with E-state index < -0.39 is 0 Å². The Morgan fingerprint density at radius 3 is 2.29 bits per heavy atom. The SMILES string of the molecule is CCN(CC(=O)NC(C)C)C(c1ccc(Br)cc1)C(C)N. The highest BCUT2D eigenvalue weighted by Crippen LogP contribution is 2.24. The fraction of sp³-hybridized carbons (Fsp3) is 0.562. The summed E-state index contributed by atoms with van der Waals surface area (Å²) in [5.74, 6) is 0.0367. The molecule has 21 heavy (non-hydrogen) atoms. The zero-order valence-corrected chi connectivity index (χ0v) is 14.9. The summed E-state index contributed by atoms with van der Waals surface area (Å²) in [6.07, 6.45) is 0. The van der Waals surface area contributed by atoms with Crippen LogP contribution in [0.15, 0.2) is 28.7 Å². The molecule has 3 N–H and O–H groups in total. The first-order valence-electron chi connectivity index (χ1n) is 7.39. The van der Waals surface area contributed by atoms with Gasteiger partial charge in [0.1, 0.15) is 0 Å². The van der Waals surface area contributed by atoms with Crippen molar-refractivity contribution in [2.24, 2.45) is 5.73 Å². The summed E-state index contributed by atoms with van der Waals surface area (Å²) in [5.41, 5.74) is 7.31. The number of rotatable bonds is 7. The highest BCUT2D eigenvalue weighted by Gasteiger charge is 2.24. The van der Waals surface area contributed by atoms with Crippen molar-refractivity contribution in [3.05, 3.63) is 34.3 Å². The van der Waals surface area contributed by atoms with E-state index in [1.54, 1.807) is 0 Å². The minimum atomic E-state index is -0.0574. The molecule has 0 spiro atoms. The molecule has 0 saturated carbocycles. The van der Waals surface area contributed by atoms with Crippen molar-refractivity contribution in [1.82, 2.24) is 10.2 Å². The fourth-order valence-electron chi connectivity index (χ4n) is 2.47. The molecule has 118 valence electrons. The summed E-state index contributed by atoms with van der Waals surface area (Å²) in [7, 11) is 0. The Balaban J connectivity index is 2.90. The molecule has 0 aliphatic heterocycles. The number of carbonyl (C=O) groups is 1. The maximum atomic E-state index is 12.0. The molecular weight excluding hydrogens is 330 g/mol. The van der Waals surface area contributed by atoms with Crippen LogP contribution in [0.25, 0.3) is 0 Å². The Kier molecular flexibility index (Phi) is 7.35. The first-order valence-corrected chi connectivity index (χ1v) is 8.18. The number of halogens is 1. The average molecular weight is 356 g/mol. The van der Waals surface area contributed by atoms with Crippen molar-refractivity contribution in [2.75, 3.05) is 13.1 Å². The molecule has 0 aliphatic rings. The molecule has 0 aliphatic carbocycles. The van der Waals surface area contributed by atoms with Gasteiger partial charge in [0.25, 0.3) is 0 Å². The quantitative estimate of drug-likeness (QED) is 0.790. The first kappa shape index (κ1) is 18.1. The van der Waals surface area contributed by atoms with Crippen molar-refractivity contribution in [1.29, 1.82) is 0 Å². The van der Waals surface area contributed by atoms with Crippen LogP contribution < -0.4 is 11.1 Å². The first-order chi connectivity index (χ1) is 9.85. The van der Waals surface area contributed by atoms with Gasteiger partial charge in [-0.3, -0.25) is 9.69 Å². The second kappa shape index (κ2) is 8.51. The van der Waals surface area contributed by atoms with Crippen molar-refractivity contribution < 1.29 is 4.79 Å². The van der Waals surface area contributed by atoms with Crippen LogP contribution in [0, 0.1) is 0 Å². The third-order valence-corrected chi connectivity index (χ3v) is 3.83. The Bertz CT molecular complexity index is 445. The van der Waals surface area contributed by atoms with Crippen molar-refractivity contribution in [3.63, 3.8) is 0 Å². The second-order valence-corrected chi connectivity index (χ2v) is 6.56. The van der Waals surface area contributed by atoms with Gasteiger partial charge in [-0.25, -0.2) is 0 Å². The average Bonchev–Trinajstić information content (AvgIpc) is 2.38. The van der Waals surface area contributed by atoms with Crippen LogP contribution in [0.5, 0.6) is 0 Å². The van der Waals surface area contributed by atoms with Gasteiger partial charge in [0.05, 0.1) is 12.6 Å². The Labute approximate surface area is 136 Å². The van der Waals surface area contributed by atoms with Gasteiger partial charge in [0.15, 0.2) is 0 Å². The molecule has 0 bridgehead atoms. The highest BCUT2D eigenvalue weighted by atomic mass is 79.9. The molecule has 1 aromatic rings. The minimum absolute atomic E-state index is 0.0287. The molecule has 5 heteroatoms. The summed E-state index contributed by atoms with van der Waals surface area (Å²) >= 11 is 3.44. The molecule has 1 rings (SSSR count). The molecule has 1 aromatic carbocycles. The van der Waals surface area contributed by atoms with Crippen LogP contribution in [0.3, 0.4) is 0 Å². The lowest BCUT2D eigenvalue weighted by atomic mass is 9.99. The van der Waals surface area contributed by atoms with Gasteiger partial charge in [-0.05, 0) is 45.0 Å². The molecule has 2 unspecified atom stereocenters. The predicted molar refractivity (Wildman–Crippen MR) is 91.1 cm³/mol. The van der Waals surface area contributed by atoms with E-state index in [4.69, 9.17) is 5.73 Å². The molecule has 0 aromatic heterocycles. The van der Waals surface area contributed by atoms with Gasteiger partial charge in [-0.2, -0.15) is 0 Å². The predicted octanol–water partition coefficient (Wildman–Crippen LogP) is 2.68. The van der Waals surface area contributed by atoms with Crippen LogP contribution in [0.4, 0.5) is 0 Å². The van der Waals surface area contributed by atoms with E-state index >= 15 is 0 Å². The molecule has 0 fully saturated rings. The maximum absolute atomic E-state index is 12.0. The van der Waals surface area contributed by atoms with Crippen LogP contribution in [0.1, 0.15) is 39.3 Å². The van der Waals surface area contributed by atoms with Gasteiger partial charge in [-0.1, -0.05) is 35.0 Å². The zero-order chi connectivity index (χ0) is 16.0. The van der Waals surface area contributed by atoms with Gasteiger partial charge in [0, 0.05) is 16.6 Å². The lowest BCUT2D eigenvalue weighted by Gasteiger charge is -2.33. The van der Waals surface area contributed by atoms with Gasteiger partial charge in [-0.15, -0.1) is 0 Å². The lowest BCUT2D eigenvalue weighted by Crippen LogP contribution is -2.45. The van der Waals surface area contributed by atoms with E-state index in [1.807, 2.05) is 32.9 Å². The number of nitrogens with zero attached hydrogens (tertiary/aromatic N) is 1. The number of likely N-dealkylation sites (N-methyl/N-ethyl adjacent to an activating group) is 1. The summed E-state index contributed by atoms with van der Waals surface area (Å²) < 4.78 is 1.04. The summed E-state index contributed by atoms with van der Waals surface area (Å²) in [6.45, 7) is 9.09. The third kappa shape index (κ3) is 5.77. The molecule has 1 amide bonds. The number of nitrogens with two attached hydrogens (primary N) is 1. The molecule has 4 nitrogen and oxygen atoms in total. The van der Waals surface area contributed by atoms with Gasteiger partial charge in [0.2, 0.25) is 5.91 Å². The summed E-state index contributed by atoms with van der Waals surface area (Å²) in [6, 6.07) is 8.25. The van der Waals surface area contributed by atoms with Gasteiger partial charge >= 0.3 is 0 Å². The van der Waals surface area contributed by atoms with E-state index in [9.17, 15) is 4.79 Å². The standard InChI is InChI=1S/C16H26BrN3O/c1-5-20(10-15(21)19-11(2)3)16(12(4)18)13-6-8-14(17)9-7-13/h6-9,11-12,16H,5,10,18H2,1-4H3,(H,19,21). The number of hydrogen-bond donors (Lipinski definition) is 2. The van der Waals surface area contributed by atoms with E-state index in [0.717, 1.165) is 16.6 Å². The number of carbonyl (C=O) groups excluding carboxylic acids is 1. The van der Waals surface area contributed by atoms with Crippen LogP contribution >= 0.6 is 15.9 Å². The molecule has 2 atom stereocenters. The van der Waals surface area contributed by atoms with E-state index in [0.29, 0.717) is 6.54 Å². The minimum Gasteiger partial charge on any atom is -0.353 e. The van der Waals surface area contributed by atoms with E-state index in [2.05, 4.69) is 45.2 Å². The number of hydrogen-bond acceptors (Lipinski definition) is 3. The van der Waals surface area contributed by atoms with Crippen LogP contribution in [-0.4, -0.2) is 36.0 Å².